The maximum atomic E-state index is 11.9. The van der Waals surface area contributed by atoms with Gasteiger partial charge in [-0.05, 0) is 23.8 Å². The second kappa shape index (κ2) is 6.38. The molecule has 0 fully saturated rings. The predicted molar refractivity (Wildman–Crippen MR) is 79.2 cm³/mol. The van der Waals surface area contributed by atoms with Crippen molar-refractivity contribution in [2.45, 2.75) is 6.61 Å². The SMILES string of the molecule is CN(C(=O)OCc1ccccc1)c1cccc(Br)c1. The molecular formula is C15H14BrNO2. The molecule has 0 N–H and O–H groups in total. The van der Waals surface area contributed by atoms with E-state index in [9.17, 15) is 4.79 Å². The average Bonchev–Trinajstić information content (AvgIpc) is 2.45. The number of hydrogen-bond acceptors (Lipinski definition) is 2. The minimum Gasteiger partial charge on any atom is -0.444 e. The molecule has 0 unspecified atom stereocenters. The van der Waals surface area contributed by atoms with Crippen molar-refractivity contribution in [1.29, 1.82) is 0 Å². The fourth-order valence-corrected chi connectivity index (χ4v) is 1.99. The van der Waals surface area contributed by atoms with E-state index in [1.165, 1.54) is 4.90 Å². The van der Waals surface area contributed by atoms with Crippen molar-refractivity contribution in [3.63, 3.8) is 0 Å². The van der Waals surface area contributed by atoms with Crippen LogP contribution in [0.25, 0.3) is 0 Å². The molecule has 0 aliphatic heterocycles. The lowest BCUT2D eigenvalue weighted by Gasteiger charge is -2.17. The molecule has 2 rings (SSSR count). The van der Waals surface area contributed by atoms with Gasteiger partial charge in [-0.15, -0.1) is 0 Å². The number of anilines is 1. The van der Waals surface area contributed by atoms with Crippen LogP contribution < -0.4 is 4.90 Å². The number of halogens is 1. The summed E-state index contributed by atoms with van der Waals surface area (Å²) in [4.78, 5) is 13.4. The van der Waals surface area contributed by atoms with E-state index in [1.807, 2.05) is 54.6 Å². The highest BCUT2D eigenvalue weighted by atomic mass is 79.9. The molecule has 0 aromatic heterocycles. The summed E-state index contributed by atoms with van der Waals surface area (Å²) in [7, 11) is 1.69. The van der Waals surface area contributed by atoms with Crippen molar-refractivity contribution in [2.24, 2.45) is 0 Å². The summed E-state index contributed by atoms with van der Waals surface area (Å²) in [6.07, 6.45) is -0.373. The first-order valence-electron chi connectivity index (χ1n) is 5.87. The van der Waals surface area contributed by atoms with E-state index < -0.39 is 0 Å². The van der Waals surface area contributed by atoms with E-state index in [4.69, 9.17) is 4.74 Å². The second-order valence-corrected chi connectivity index (χ2v) is 4.99. The van der Waals surface area contributed by atoms with Crippen LogP contribution >= 0.6 is 15.9 Å². The van der Waals surface area contributed by atoms with Crippen molar-refractivity contribution in [2.75, 3.05) is 11.9 Å². The van der Waals surface area contributed by atoms with Crippen molar-refractivity contribution >= 4 is 27.7 Å². The molecule has 0 bridgehead atoms. The zero-order chi connectivity index (χ0) is 13.7. The third-order valence-corrected chi connectivity index (χ3v) is 3.17. The molecule has 0 spiro atoms. The lowest BCUT2D eigenvalue weighted by atomic mass is 10.2. The highest BCUT2D eigenvalue weighted by Gasteiger charge is 2.12. The number of rotatable bonds is 3. The van der Waals surface area contributed by atoms with Gasteiger partial charge in [0.1, 0.15) is 6.61 Å². The number of hydrogen-bond donors (Lipinski definition) is 0. The molecule has 2 aromatic carbocycles. The van der Waals surface area contributed by atoms with Gasteiger partial charge in [-0.25, -0.2) is 4.79 Å². The topological polar surface area (TPSA) is 29.5 Å². The van der Waals surface area contributed by atoms with Crippen LogP contribution in [0.5, 0.6) is 0 Å². The Labute approximate surface area is 120 Å². The van der Waals surface area contributed by atoms with Crippen LogP contribution in [0.2, 0.25) is 0 Å². The van der Waals surface area contributed by atoms with E-state index in [-0.39, 0.29) is 12.7 Å². The zero-order valence-corrected chi connectivity index (χ0v) is 12.1. The Morgan fingerprint density at radius 1 is 1.16 bits per heavy atom. The lowest BCUT2D eigenvalue weighted by molar-refractivity contribution is 0.148. The minimum absolute atomic E-state index is 0.276. The van der Waals surface area contributed by atoms with Crippen LogP contribution in [0.4, 0.5) is 10.5 Å². The van der Waals surface area contributed by atoms with Crippen LogP contribution in [0.3, 0.4) is 0 Å². The van der Waals surface area contributed by atoms with Gasteiger partial charge in [0, 0.05) is 17.2 Å². The Morgan fingerprint density at radius 2 is 1.89 bits per heavy atom. The van der Waals surface area contributed by atoms with E-state index >= 15 is 0 Å². The molecule has 0 saturated heterocycles. The van der Waals surface area contributed by atoms with Crippen LogP contribution in [0.15, 0.2) is 59.1 Å². The van der Waals surface area contributed by atoms with Crippen molar-refractivity contribution in [1.82, 2.24) is 0 Å². The monoisotopic (exact) mass is 319 g/mol. The molecule has 0 atom stereocenters. The summed E-state index contributed by atoms with van der Waals surface area (Å²) in [6.45, 7) is 0.276. The molecule has 1 amide bonds. The fourth-order valence-electron chi connectivity index (χ4n) is 1.61. The van der Waals surface area contributed by atoms with Gasteiger partial charge in [0.15, 0.2) is 0 Å². The standard InChI is InChI=1S/C15H14BrNO2/c1-17(14-9-5-8-13(16)10-14)15(18)19-11-12-6-3-2-4-7-12/h2-10H,11H2,1H3. The number of carbonyl (C=O) groups excluding carboxylic acids is 1. The Balaban J connectivity index is 1.96. The second-order valence-electron chi connectivity index (χ2n) is 4.08. The summed E-state index contributed by atoms with van der Waals surface area (Å²) >= 11 is 3.38. The van der Waals surface area contributed by atoms with Gasteiger partial charge in [0.2, 0.25) is 0 Å². The van der Waals surface area contributed by atoms with E-state index in [1.54, 1.807) is 7.05 Å². The maximum Gasteiger partial charge on any atom is 0.414 e. The van der Waals surface area contributed by atoms with E-state index in [2.05, 4.69) is 15.9 Å². The summed E-state index contributed by atoms with van der Waals surface area (Å²) in [5.41, 5.74) is 1.76. The Kier molecular flexibility index (Phi) is 4.58. The number of benzene rings is 2. The first-order chi connectivity index (χ1) is 9.16. The van der Waals surface area contributed by atoms with Gasteiger partial charge < -0.3 is 4.74 Å². The number of carbonyl (C=O) groups is 1. The summed E-state index contributed by atoms with van der Waals surface area (Å²) < 4.78 is 6.18. The Hall–Kier alpha value is -1.81. The molecule has 0 aliphatic carbocycles. The van der Waals surface area contributed by atoms with E-state index in [0.717, 1.165) is 15.7 Å². The molecule has 0 aliphatic rings. The minimum atomic E-state index is -0.373. The third kappa shape index (κ3) is 3.83. The largest absolute Gasteiger partial charge is 0.444 e. The quantitative estimate of drug-likeness (QED) is 0.847. The van der Waals surface area contributed by atoms with Crippen molar-refractivity contribution < 1.29 is 9.53 Å². The van der Waals surface area contributed by atoms with Crippen LogP contribution in [-0.4, -0.2) is 13.1 Å². The highest BCUT2D eigenvalue weighted by molar-refractivity contribution is 9.10. The fraction of sp³-hybridized carbons (Fsp3) is 0.133. The van der Waals surface area contributed by atoms with Gasteiger partial charge in [0.25, 0.3) is 0 Å². The van der Waals surface area contributed by atoms with Gasteiger partial charge >= 0.3 is 6.09 Å². The number of amides is 1. The molecule has 0 radical (unpaired) electrons. The Morgan fingerprint density at radius 3 is 2.58 bits per heavy atom. The van der Waals surface area contributed by atoms with Crippen LogP contribution in [0, 0.1) is 0 Å². The normalized spacial score (nSPS) is 10.0. The van der Waals surface area contributed by atoms with Gasteiger partial charge in [0.05, 0.1) is 0 Å². The van der Waals surface area contributed by atoms with Gasteiger partial charge in [-0.1, -0.05) is 52.3 Å². The summed E-state index contributed by atoms with van der Waals surface area (Å²) in [5.74, 6) is 0. The molecular weight excluding hydrogens is 306 g/mol. The summed E-state index contributed by atoms with van der Waals surface area (Å²) in [6, 6.07) is 17.1. The van der Waals surface area contributed by atoms with Crippen molar-refractivity contribution in [3.8, 4) is 0 Å². The van der Waals surface area contributed by atoms with Gasteiger partial charge in [-0.3, -0.25) is 4.90 Å². The summed E-state index contributed by atoms with van der Waals surface area (Å²) in [5, 5.41) is 0. The van der Waals surface area contributed by atoms with Crippen molar-refractivity contribution in [3.05, 3.63) is 64.6 Å². The zero-order valence-electron chi connectivity index (χ0n) is 10.5. The Bertz CT molecular complexity index is 557. The molecule has 4 heteroatoms. The molecule has 0 heterocycles. The highest BCUT2D eigenvalue weighted by Crippen LogP contribution is 2.19. The molecule has 2 aromatic rings. The lowest BCUT2D eigenvalue weighted by Crippen LogP contribution is -2.26. The smallest absolute Gasteiger partial charge is 0.414 e. The van der Waals surface area contributed by atoms with Crippen LogP contribution in [0.1, 0.15) is 5.56 Å². The molecule has 98 valence electrons. The third-order valence-electron chi connectivity index (χ3n) is 2.67. The molecule has 0 saturated carbocycles. The van der Waals surface area contributed by atoms with Gasteiger partial charge in [-0.2, -0.15) is 0 Å². The molecule has 3 nitrogen and oxygen atoms in total. The van der Waals surface area contributed by atoms with Crippen LogP contribution in [-0.2, 0) is 11.3 Å². The first kappa shape index (κ1) is 13.6. The number of nitrogens with zero attached hydrogens (tertiary/aromatic N) is 1. The average molecular weight is 320 g/mol. The number of ether oxygens (including phenoxy) is 1. The van der Waals surface area contributed by atoms with E-state index in [0.29, 0.717) is 0 Å². The first-order valence-corrected chi connectivity index (χ1v) is 6.66. The molecule has 19 heavy (non-hydrogen) atoms. The maximum absolute atomic E-state index is 11.9. The predicted octanol–water partition coefficient (Wildman–Crippen LogP) is 4.22.